The Bertz CT molecular complexity index is 1110. The third-order valence-corrected chi connectivity index (χ3v) is 5.68. The van der Waals surface area contributed by atoms with E-state index in [1.54, 1.807) is 23.6 Å². The number of nitrogens with one attached hydrogen (secondary N) is 1. The van der Waals surface area contributed by atoms with Crippen LogP contribution in [-0.4, -0.2) is 15.0 Å². The number of nitrogens with zero attached hydrogens (tertiary/aromatic N) is 3. The lowest BCUT2D eigenvalue weighted by Crippen LogP contribution is -1.98. The summed E-state index contributed by atoms with van der Waals surface area (Å²) in [5, 5.41) is 7.20. The molecule has 0 amide bonds. The van der Waals surface area contributed by atoms with Gasteiger partial charge in [0.05, 0.1) is 15.4 Å². The van der Waals surface area contributed by atoms with Crippen LogP contribution in [0.1, 0.15) is 25.3 Å². The maximum Gasteiger partial charge on any atom is 0.150 e. The number of hydrogen-bond donors (Lipinski definition) is 1. The Hall–Kier alpha value is -2.21. The van der Waals surface area contributed by atoms with E-state index >= 15 is 0 Å². The van der Waals surface area contributed by atoms with Gasteiger partial charge in [0.2, 0.25) is 0 Å². The van der Waals surface area contributed by atoms with E-state index in [9.17, 15) is 0 Å². The number of thiophene rings is 1. The normalized spacial score (nSPS) is 11.3. The van der Waals surface area contributed by atoms with Gasteiger partial charge < -0.3 is 5.32 Å². The first-order chi connectivity index (χ1) is 13.0. The summed E-state index contributed by atoms with van der Waals surface area (Å²) in [7, 11) is 0. The van der Waals surface area contributed by atoms with E-state index in [0.29, 0.717) is 27.6 Å². The fourth-order valence-corrected chi connectivity index (χ4v) is 4.19. The molecule has 4 aromatic rings. The highest BCUT2D eigenvalue weighted by atomic mass is 35.5. The largest absolute Gasteiger partial charge is 0.323 e. The molecule has 4 rings (SSSR count). The molecular weight excluding hydrogens is 399 g/mol. The van der Waals surface area contributed by atoms with Crippen molar-refractivity contribution in [3.05, 3.63) is 63.8 Å². The number of hydrogen-bond acceptors (Lipinski definition) is 5. The molecule has 0 radical (unpaired) electrons. The van der Waals surface area contributed by atoms with Crippen molar-refractivity contribution in [2.45, 2.75) is 19.8 Å². The second-order valence-electron chi connectivity index (χ2n) is 6.44. The third kappa shape index (κ3) is 3.63. The van der Waals surface area contributed by atoms with Crippen LogP contribution in [0, 0.1) is 0 Å². The number of aromatic nitrogens is 3. The zero-order valence-corrected chi connectivity index (χ0v) is 17.0. The molecule has 0 saturated heterocycles. The molecule has 0 atom stereocenters. The SMILES string of the molecule is CC(C)c1ccc(-c2csc3ncnc(Nc4ncc(Cl)cc4Cl)c23)cc1. The Morgan fingerprint density at radius 2 is 1.78 bits per heavy atom. The standard InChI is InChI=1S/C20H16Cl2N4S/c1-11(2)12-3-5-13(6-4-12)15-9-27-20-17(15)19(24-10-25-20)26-18-16(22)7-14(21)8-23-18/h3-11H,1-2H3,(H,23,24,25,26). The molecule has 7 heteroatoms. The minimum Gasteiger partial charge on any atom is -0.323 e. The van der Waals surface area contributed by atoms with Crippen LogP contribution < -0.4 is 5.32 Å². The summed E-state index contributed by atoms with van der Waals surface area (Å²) in [5.41, 5.74) is 3.52. The highest BCUT2D eigenvalue weighted by Gasteiger charge is 2.15. The average molecular weight is 415 g/mol. The summed E-state index contributed by atoms with van der Waals surface area (Å²) in [6, 6.07) is 10.3. The van der Waals surface area contributed by atoms with Crippen molar-refractivity contribution in [3.63, 3.8) is 0 Å². The zero-order chi connectivity index (χ0) is 19.0. The van der Waals surface area contributed by atoms with E-state index in [1.807, 2.05) is 0 Å². The van der Waals surface area contributed by atoms with E-state index in [0.717, 1.165) is 21.3 Å². The number of halogens is 2. The van der Waals surface area contributed by atoms with Crippen molar-refractivity contribution < 1.29 is 0 Å². The number of anilines is 2. The Labute approximate surface area is 171 Å². The highest BCUT2D eigenvalue weighted by Crippen LogP contribution is 2.38. The molecule has 0 unspecified atom stereocenters. The van der Waals surface area contributed by atoms with Crippen LogP contribution in [0.5, 0.6) is 0 Å². The van der Waals surface area contributed by atoms with Crippen molar-refractivity contribution in [1.82, 2.24) is 15.0 Å². The van der Waals surface area contributed by atoms with E-state index in [1.165, 1.54) is 11.9 Å². The molecule has 0 fully saturated rings. The molecule has 3 aromatic heterocycles. The van der Waals surface area contributed by atoms with Gasteiger partial charge in [-0.25, -0.2) is 15.0 Å². The predicted octanol–water partition coefficient (Wildman–Crippen LogP) is 6.93. The summed E-state index contributed by atoms with van der Waals surface area (Å²) >= 11 is 13.8. The van der Waals surface area contributed by atoms with Crippen LogP contribution in [0.4, 0.5) is 11.6 Å². The molecule has 1 N–H and O–H groups in total. The first-order valence-electron chi connectivity index (χ1n) is 8.43. The number of benzene rings is 1. The van der Waals surface area contributed by atoms with Gasteiger partial charge in [-0.1, -0.05) is 61.3 Å². The molecule has 0 bridgehead atoms. The maximum atomic E-state index is 6.26. The van der Waals surface area contributed by atoms with Gasteiger partial charge in [-0.3, -0.25) is 0 Å². The Morgan fingerprint density at radius 3 is 2.48 bits per heavy atom. The highest BCUT2D eigenvalue weighted by molar-refractivity contribution is 7.17. The van der Waals surface area contributed by atoms with Crippen LogP contribution in [0.2, 0.25) is 10.0 Å². The van der Waals surface area contributed by atoms with Crippen LogP contribution in [-0.2, 0) is 0 Å². The number of fused-ring (bicyclic) bond motifs is 1. The van der Waals surface area contributed by atoms with Gasteiger partial charge in [-0.2, -0.15) is 0 Å². The second-order valence-corrected chi connectivity index (χ2v) is 8.14. The van der Waals surface area contributed by atoms with E-state index < -0.39 is 0 Å². The molecule has 136 valence electrons. The lowest BCUT2D eigenvalue weighted by atomic mass is 9.99. The topological polar surface area (TPSA) is 50.7 Å². The lowest BCUT2D eigenvalue weighted by Gasteiger charge is -2.10. The van der Waals surface area contributed by atoms with Crippen molar-refractivity contribution in [2.75, 3.05) is 5.32 Å². The van der Waals surface area contributed by atoms with Gasteiger partial charge in [0.15, 0.2) is 0 Å². The van der Waals surface area contributed by atoms with Crippen LogP contribution >= 0.6 is 34.5 Å². The second kappa shape index (κ2) is 7.43. The van der Waals surface area contributed by atoms with Gasteiger partial charge in [0, 0.05) is 17.1 Å². The Kier molecular flexibility index (Phi) is 5.00. The molecule has 0 aliphatic rings. The molecule has 0 spiro atoms. The van der Waals surface area contributed by atoms with Crippen molar-refractivity contribution in [1.29, 1.82) is 0 Å². The molecule has 0 aliphatic carbocycles. The van der Waals surface area contributed by atoms with E-state index in [2.05, 4.69) is 63.8 Å². The van der Waals surface area contributed by atoms with Gasteiger partial charge in [0.1, 0.15) is 22.8 Å². The predicted molar refractivity (Wildman–Crippen MR) is 114 cm³/mol. The fourth-order valence-electron chi connectivity index (χ4n) is 2.85. The molecule has 3 heterocycles. The van der Waals surface area contributed by atoms with Crippen molar-refractivity contribution >= 4 is 56.4 Å². The quantitative estimate of drug-likeness (QED) is 0.393. The Morgan fingerprint density at radius 1 is 1.00 bits per heavy atom. The van der Waals surface area contributed by atoms with Gasteiger partial charge in [-0.15, -0.1) is 11.3 Å². The van der Waals surface area contributed by atoms with Crippen molar-refractivity contribution in [2.24, 2.45) is 0 Å². The summed E-state index contributed by atoms with van der Waals surface area (Å²) < 4.78 is 0. The van der Waals surface area contributed by atoms with Gasteiger partial charge in [0.25, 0.3) is 0 Å². The van der Waals surface area contributed by atoms with Crippen LogP contribution in [0.25, 0.3) is 21.3 Å². The van der Waals surface area contributed by atoms with E-state index in [4.69, 9.17) is 23.2 Å². The minimum absolute atomic E-state index is 0.437. The fraction of sp³-hybridized carbons (Fsp3) is 0.150. The molecule has 27 heavy (non-hydrogen) atoms. The summed E-state index contributed by atoms with van der Waals surface area (Å²) in [4.78, 5) is 14.0. The third-order valence-electron chi connectivity index (χ3n) is 4.30. The van der Waals surface area contributed by atoms with Gasteiger partial charge in [-0.05, 0) is 23.1 Å². The zero-order valence-electron chi connectivity index (χ0n) is 14.7. The Balaban J connectivity index is 1.79. The monoisotopic (exact) mass is 414 g/mol. The molecule has 0 saturated carbocycles. The smallest absolute Gasteiger partial charge is 0.150 e. The lowest BCUT2D eigenvalue weighted by molar-refractivity contribution is 0.867. The number of rotatable bonds is 4. The summed E-state index contributed by atoms with van der Waals surface area (Å²) in [6.45, 7) is 4.38. The van der Waals surface area contributed by atoms with Crippen molar-refractivity contribution in [3.8, 4) is 11.1 Å². The minimum atomic E-state index is 0.437. The summed E-state index contributed by atoms with van der Waals surface area (Å²) in [5.74, 6) is 1.67. The number of pyridine rings is 1. The molecule has 0 aliphatic heterocycles. The maximum absolute atomic E-state index is 6.26. The van der Waals surface area contributed by atoms with Crippen LogP contribution in [0.15, 0.2) is 48.2 Å². The van der Waals surface area contributed by atoms with E-state index in [-0.39, 0.29) is 0 Å². The summed E-state index contributed by atoms with van der Waals surface area (Å²) in [6.07, 6.45) is 3.09. The first kappa shape index (κ1) is 18.2. The molecule has 1 aromatic carbocycles. The molecule has 4 nitrogen and oxygen atoms in total. The van der Waals surface area contributed by atoms with Gasteiger partial charge >= 0.3 is 0 Å². The molecular formula is C20H16Cl2N4S. The first-order valence-corrected chi connectivity index (χ1v) is 10.1. The van der Waals surface area contributed by atoms with Crippen LogP contribution in [0.3, 0.4) is 0 Å². The average Bonchev–Trinajstić information content (AvgIpc) is 3.09.